The lowest BCUT2D eigenvalue weighted by atomic mass is 9.83. The van der Waals surface area contributed by atoms with Gasteiger partial charge in [0, 0.05) is 29.8 Å². The normalized spacial score (nSPS) is 25.9. The van der Waals surface area contributed by atoms with E-state index in [4.69, 9.17) is 4.74 Å². The molecule has 0 spiro atoms. The maximum Gasteiger partial charge on any atom is 0.220 e. The van der Waals surface area contributed by atoms with Gasteiger partial charge in [-0.3, -0.25) is 9.59 Å². The van der Waals surface area contributed by atoms with Crippen molar-refractivity contribution < 1.29 is 19.4 Å². The number of amides is 2. The number of rotatable bonds is 7. The summed E-state index contributed by atoms with van der Waals surface area (Å²) in [4.78, 5) is 24.8. The molecule has 1 aliphatic carbocycles. The van der Waals surface area contributed by atoms with Crippen molar-refractivity contribution >= 4 is 22.6 Å². The monoisotopic (exact) mass is 424 g/mol. The minimum atomic E-state index is -0.408. The van der Waals surface area contributed by atoms with Gasteiger partial charge in [-0.05, 0) is 62.0 Å². The molecule has 1 saturated carbocycles. The van der Waals surface area contributed by atoms with Gasteiger partial charge in [-0.1, -0.05) is 30.3 Å². The Morgan fingerprint density at radius 1 is 1.16 bits per heavy atom. The first-order valence-corrected chi connectivity index (χ1v) is 11.3. The van der Waals surface area contributed by atoms with Crippen LogP contribution in [0.25, 0.3) is 10.8 Å². The molecule has 0 radical (unpaired) electrons. The first-order chi connectivity index (χ1) is 15.0. The van der Waals surface area contributed by atoms with Gasteiger partial charge in [0.05, 0.1) is 13.2 Å². The van der Waals surface area contributed by atoms with Gasteiger partial charge in [0.25, 0.3) is 0 Å². The number of methoxy groups -OCH3 is 1. The number of aliphatic hydroxyl groups is 1. The van der Waals surface area contributed by atoms with E-state index in [1.54, 1.807) is 7.11 Å². The molecule has 1 aliphatic heterocycles. The molecule has 3 N–H and O–H groups in total. The molecule has 2 aromatic carbocycles. The number of benzene rings is 2. The SMILES string of the molecule is COc1ccc(C[C@@]2(CCC(=O)NC3CCC(O)CC3)CCC(=O)N2)c2ccccc12. The van der Waals surface area contributed by atoms with E-state index in [2.05, 4.69) is 22.8 Å². The molecule has 31 heavy (non-hydrogen) atoms. The third-order valence-corrected chi connectivity index (χ3v) is 6.85. The Morgan fingerprint density at radius 3 is 2.58 bits per heavy atom. The average molecular weight is 425 g/mol. The van der Waals surface area contributed by atoms with Crippen LogP contribution in [0.5, 0.6) is 5.75 Å². The Bertz CT molecular complexity index is 952. The Kier molecular flexibility index (Phi) is 6.46. The Hall–Kier alpha value is -2.60. The van der Waals surface area contributed by atoms with Crippen molar-refractivity contribution in [2.45, 2.75) is 75.5 Å². The maximum absolute atomic E-state index is 12.6. The van der Waals surface area contributed by atoms with Crippen LogP contribution in [-0.2, 0) is 16.0 Å². The molecule has 1 saturated heterocycles. The number of hydrogen-bond acceptors (Lipinski definition) is 4. The third kappa shape index (κ3) is 5.01. The molecule has 0 bridgehead atoms. The maximum atomic E-state index is 12.6. The van der Waals surface area contributed by atoms with E-state index in [1.165, 1.54) is 0 Å². The summed E-state index contributed by atoms with van der Waals surface area (Å²) in [5.74, 6) is 0.918. The summed E-state index contributed by atoms with van der Waals surface area (Å²) in [5.41, 5.74) is 0.745. The highest BCUT2D eigenvalue weighted by Gasteiger charge is 2.38. The van der Waals surface area contributed by atoms with Gasteiger partial charge in [0.1, 0.15) is 5.75 Å². The topological polar surface area (TPSA) is 87.7 Å². The van der Waals surface area contributed by atoms with Crippen LogP contribution in [-0.4, -0.2) is 41.7 Å². The molecule has 0 aromatic heterocycles. The fourth-order valence-corrected chi connectivity index (χ4v) is 5.09. The number of aliphatic hydroxyl groups excluding tert-OH is 1. The lowest BCUT2D eigenvalue weighted by Gasteiger charge is -2.31. The summed E-state index contributed by atoms with van der Waals surface area (Å²) in [5, 5.41) is 18.1. The molecular formula is C25H32N2O4. The van der Waals surface area contributed by atoms with Crippen molar-refractivity contribution in [2.24, 2.45) is 0 Å². The minimum absolute atomic E-state index is 0.0292. The van der Waals surface area contributed by atoms with E-state index >= 15 is 0 Å². The summed E-state index contributed by atoms with van der Waals surface area (Å²) in [6.45, 7) is 0. The predicted octanol–water partition coefficient (Wildman–Crippen LogP) is 3.24. The second kappa shape index (κ2) is 9.27. The molecule has 0 unspecified atom stereocenters. The number of ether oxygens (including phenoxy) is 1. The molecular weight excluding hydrogens is 392 g/mol. The van der Waals surface area contributed by atoms with Gasteiger partial charge in [-0.25, -0.2) is 0 Å². The summed E-state index contributed by atoms with van der Waals surface area (Å²) in [6.07, 6.45) is 5.82. The van der Waals surface area contributed by atoms with E-state index in [0.29, 0.717) is 25.7 Å². The van der Waals surface area contributed by atoms with Crippen LogP contribution in [0.3, 0.4) is 0 Å². The van der Waals surface area contributed by atoms with Crippen LogP contribution in [0.4, 0.5) is 0 Å². The van der Waals surface area contributed by atoms with Gasteiger partial charge in [-0.2, -0.15) is 0 Å². The van der Waals surface area contributed by atoms with Gasteiger partial charge < -0.3 is 20.5 Å². The van der Waals surface area contributed by atoms with Crippen LogP contribution in [0.1, 0.15) is 56.9 Å². The van der Waals surface area contributed by atoms with Crippen molar-refractivity contribution in [3.63, 3.8) is 0 Å². The summed E-state index contributed by atoms with van der Waals surface area (Å²) < 4.78 is 5.51. The van der Waals surface area contributed by atoms with Gasteiger partial charge in [0.15, 0.2) is 0 Å². The second-order valence-electron chi connectivity index (χ2n) is 9.05. The van der Waals surface area contributed by atoms with Crippen LogP contribution in [0, 0.1) is 0 Å². The molecule has 2 aliphatic rings. The summed E-state index contributed by atoms with van der Waals surface area (Å²) in [7, 11) is 1.67. The highest BCUT2D eigenvalue weighted by Crippen LogP contribution is 2.35. The van der Waals surface area contributed by atoms with E-state index in [0.717, 1.165) is 54.2 Å². The Balaban J connectivity index is 1.47. The fraction of sp³-hybridized carbons (Fsp3) is 0.520. The molecule has 6 nitrogen and oxygen atoms in total. The lowest BCUT2D eigenvalue weighted by Crippen LogP contribution is -2.45. The molecule has 2 fully saturated rings. The summed E-state index contributed by atoms with van der Waals surface area (Å²) in [6, 6.07) is 12.3. The minimum Gasteiger partial charge on any atom is -0.496 e. The zero-order valence-electron chi connectivity index (χ0n) is 18.2. The van der Waals surface area contributed by atoms with Crippen LogP contribution in [0.2, 0.25) is 0 Å². The van der Waals surface area contributed by atoms with E-state index in [-0.39, 0.29) is 24.0 Å². The van der Waals surface area contributed by atoms with Crippen molar-refractivity contribution in [2.75, 3.05) is 7.11 Å². The largest absolute Gasteiger partial charge is 0.496 e. The van der Waals surface area contributed by atoms with E-state index in [1.807, 2.05) is 24.3 Å². The predicted molar refractivity (Wildman–Crippen MR) is 120 cm³/mol. The summed E-state index contributed by atoms with van der Waals surface area (Å²) >= 11 is 0. The third-order valence-electron chi connectivity index (χ3n) is 6.85. The molecule has 6 heteroatoms. The highest BCUT2D eigenvalue weighted by atomic mass is 16.5. The molecule has 1 heterocycles. The van der Waals surface area contributed by atoms with Gasteiger partial charge in [0.2, 0.25) is 11.8 Å². The molecule has 2 aromatic rings. The lowest BCUT2D eigenvalue weighted by molar-refractivity contribution is -0.123. The number of carbonyl (C=O) groups excluding carboxylic acids is 2. The van der Waals surface area contributed by atoms with E-state index in [9.17, 15) is 14.7 Å². The highest BCUT2D eigenvalue weighted by molar-refractivity contribution is 5.91. The van der Waals surface area contributed by atoms with Gasteiger partial charge in [-0.15, -0.1) is 0 Å². The average Bonchev–Trinajstić information content (AvgIpc) is 3.15. The van der Waals surface area contributed by atoms with Crippen molar-refractivity contribution in [3.8, 4) is 5.75 Å². The van der Waals surface area contributed by atoms with Crippen LogP contribution < -0.4 is 15.4 Å². The van der Waals surface area contributed by atoms with Crippen LogP contribution >= 0.6 is 0 Å². The first kappa shape index (κ1) is 21.6. The smallest absolute Gasteiger partial charge is 0.220 e. The zero-order chi connectivity index (χ0) is 21.8. The van der Waals surface area contributed by atoms with Gasteiger partial charge >= 0.3 is 0 Å². The first-order valence-electron chi connectivity index (χ1n) is 11.3. The fourth-order valence-electron chi connectivity index (χ4n) is 5.09. The molecule has 2 amide bonds. The number of nitrogens with one attached hydrogen (secondary N) is 2. The van der Waals surface area contributed by atoms with E-state index < -0.39 is 5.54 Å². The Labute approximate surface area is 183 Å². The Morgan fingerprint density at radius 2 is 1.90 bits per heavy atom. The second-order valence-corrected chi connectivity index (χ2v) is 9.05. The quantitative estimate of drug-likeness (QED) is 0.637. The van der Waals surface area contributed by atoms with Crippen molar-refractivity contribution in [1.29, 1.82) is 0 Å². The standard InChI is InChI=1S/C25H32N2O4/c1-31-22-11-6-17(20-4-2-3-5-21(20)22)16-25(15-13-24(30)27-25)14-12-23(29)26-18-7-9-19(28)10-8-18/h2-6,11,18-19,28H,7-10,12-16H2,1H3,(H,26,29)(H,27,30)/t18?,19?,25-/m1/s1. The zero-order valence-corrected chi connectivity index (χ0v) is 18.2. The number of carbonyl (C=O) groups is 2. The number of hydrogen-bond donors (Lipinski definition) is 3. The molecule has 166 valence electrons. The molecule has 4 rings (SSSR count). The molecule has 1 atom stereocenters. The van der Waals surface area contributed by atoms with Crippen LogP contribution in [0.15, 0.2) is 36.4 Å². The number of fused-ring (bicyclic) bond motifs is 1. The van der Waals surface area contributed by atoms with Crippen molar-refractivity contribution in [1.82, 2.24) is 10.6 Å². The van der Waals surface area contributed by atoms with Crippen molar-refractivity contribution in [3.05, 3.63) is 42.0 Å².